The quantitative estimate of drug-likeness (QED) is 0.613. The molecule has 0 atom stereocenters. The molecule has 1 nitrogen and oxygen atoms in total. The maximum absolute atomic E-state index is 3.98. The van der Waals surface area contributed by atoms with E-state index in [0.29, 0.717) is 0 Å². The molecule has 0 bridgehead atoms. The van der Waals surface area contributed by atoms with E-state index in [-0.39, 0.29) is 0 Å². The van der Waals surface area contributed by atoms with Crippen LogP contribution in [0, 0.1) is 13.8 Å². The first-order valence-corrected chi connectivity index (χ1v) is 4.68. The summed E-state index contributed by atoms with van der Waals surface area (Å²) in [7, 11) is 0. The molecule has 1 aromatic heterocycles. The van der Waals surface area contributed by atoms with Crippen LogP contribution in [0.5, 0.6) is 0 Å². The van der Waals surface area contributed by atoms with Crippen molar-refractivity contribution in [3.05, 3.63) is 66.0 Å². The Labute approximate surface area is 85.4 Å². The summed E-state index contributed by atoms with van der Waals surface area (Å²) in [6.07, 6.45) is 1.79. The molecular weight excluding hydrogens is 170 g/mol. The Morgan fingerprint density at radius 1 is 0.786 bits per heavy atom. The van der Waals surface area contributed by atoms with Crippen molar-refractivity contribution in [3.8, 4) is 0 Å². The van der Waals surface area contributed by atoms with Crippen molar-refractivity contribution in [2.75, 3.05) is 0 Å². The summed E-state index contributed by atoms with van der Waals surface area (Å²) in [5.74, 6) is 0. The van der Waals surface area contributed by atoms with Crippen molar-refractivity contribution >= 4 is 0 Å². The minimum atomic E-state index is 1.07. The lowest BCUT2D eigenvalue weighted by atomic mass is 10.2. The molecule has 1 heteroatoms. The van der Waals surface area contributed by atoms with Gasteiger partial charge in [-0.25, -0.2) is 0 Å². The van der Waals surface area contributed by atoms with Gasteiger partial charge in [-0.05, 0) is 26.0 Å². The average Bonchev–Trinajstić information content (AvgIpc) is 2.21. The van der Waals surface area contributed by atoms with E-state index < -0.39 is 0 Å². The fraction of sp³-hybridized carbons (Fsp3) is 0.154. The summed E-state index contributed by atoms with van der Waals surface area (Å²) in [6, 6.07) is 16.1. The predicted octanol–water partition coefficient (Wildman–Crippen LogP) is 3.39. The van der Waals surface area contributed by atoms with Crippen molar-refractivity contribution in [2.24, 2.45) is 0 Å². The van der Waals surface area contributed by atoms with E-state index in [9.17, 15) is 0 Å². The van der Waals surface area contributed by atoms with E-state index >= 15 is 0 Å². The molecule has 0 saturated carbocycles. The Kier molecular flexibility index (Phi) is 4.42. The molecule has 1 heterocycles. The summed E-state index contributed by atoms with van der Waals surface area (Å²) < 4.78 is 0. The van der Waals surface area contributed by atoms with Crippen LogP contribution in [0.1, 0.15) is 11.3 Å². The first kappa shape index (κ1) is 10.5. The lowest BCUT2D eigenvalue weighted by Crippen LogP contribution is -1.72. The molecule has 0 aliphatic rings. The second-order valence-corrected chi connectivity index (χ2v) is 3.13. The number of rotatable bonds is 0. The number of aryl methyl sites for hydroxylation is 2. The Balaban J connectivity index is 0.000000140. The van der Waals surface area contributed by atoms with Gasteiger partial charge in [-0.2, -0.15) is 0 Å². The number of hydrogen-bond donors (Lipinski definition) is 0. The lowest BCUT2D eigenvalue weighted by Gasteiger charge is -1.82. The second kappa shape index (κ2) is 5.92. The summed E-state index contributed by atoms with van der Waals surface area (Å²) in [5.41, 5.74) is 2.39. The fourth-order valence-electron chi connectivity index (χ4n) is 0.983. The van der Waals surface area contributed by atoms with Crippen molar-refractivity contribution < 1.29 is 0 Å². The van der Waals surface area contributed by atoms with Crippen LogP contribution in [0.3, 0.4) is 0 Å². The number of aromatic nitrogens is 1. The molecule has 0 N–H and O–H groups in total. The summed E-state index contributed by atoms with van der Waals surface area (Å²) in [4.78, 5) is 3.98. The highest BCUT2D eigenvalue weighted by atomic mass is 14.6. The molecule has 0 fully saturated rings. The lowest BCUT2D eigenvalue weighted by molar-refractivity contribution is 1.20. The molecule has 14 heavy (non-hydrogen) atoms. The molecule has 0 spiro atoms. The Morgan fingerprint density at radius 3 is 1.71 bits per heavy atom. The first-order valence-electron chi connectivity index (χ1n) is 4.68. The van der Waals surface area contributed by atoms with Gasteiger partial charge in [0.1, 0.15) is 0 Å². The zero-order chi connectivity index (χ0) is 10.2. The Hall–Kier alpha value is -1.63. The standard InChI is InChI=1S/C7H8.C6H7N/c1-7-5-3-2-4-6-7;1-6-4-2-3-5-7-6/h2-6H,1H3;2-5H,1H3. The fourth-order valence-corrected chi connectivity index (χ4v) is 0.983. The van der Waals surface area contributed by atoms with E-state index in [1.54, 1.807) is 6.20 Å². The third kappa shape index (κ3) is 4.41. The van der Waals surface area contributed by atoms with Crippen LogP contribution in [-0.2, 0) is 0 Å². The highest BCUT2D eigenvalue weighted by Crippen LogP contribution is 1.92. The van der Waals surface area contributed by atoms with E-state index in [1.807, 2.05) is 43.3 Å². The normalized spacial score (nSPS) is 8.71. The van der Waals surface area contributed by atoms with Crippen molar-refractivity contribution in [1.29, 1.82) is 0 Å². The Bertz CT molecular complexity index is 303. The van der Waals surface area contributed by atoms with Crippen molar-refractivity contribution in [3.63, 3.8) is 0 Å². The zero-order valence-electron chi connectivity index (χ0n) is 8.64. The van der Waals surface area contributed by atoms with Gasteiger partial charge in [-0.15, -0.1) is 0 Å². The maximum Gasteiger partial charge on any atom is 0.0372 e. The van der Waals surface area contributed by atoms with Crippen LogP contribution >= 0.6 is 0 Å². The minimum Gasteiger partial charge on any atom is -0.262 e. The molecule has 1 aromatic carbocycles. The molecule has 2 aromatic rings. The van der Waals surface area contributed by atoms with Gasteiger partial charge < -0.3 is 0 Å². The molecular formula is C13H15N. The van der Waals surface area contributed by atoms with Crippen LogP contribution in [0.2, 0.25) is 0 Å². The number of pyridine rings is 1. The summed E-state index contributed by atoms with van der Waals surface area (Å²) >= 11 is 0. The van der Waals surface area contributed by atoms with Gasteiger partial charge in [-0.1, -0.05) is 42.0 Å². The smallest absolute Gasteiger partial charge is 0.0372 e. The summed E-state index contributed by atoms with van der Waals surface area (Å²) in [5, 5.41) is 0. The van der Waals surface area contributed by atoms with Crippen LogP contribution in [-0.4, -0.2) is 4.98 Å². The number of nitrogens with zero attached hydrogens (tertiary/aromatic N) is 1. The van der Waals surface area contributed by atoms with E-state index in [4.69, 9.17) is 0 Å². The second-order valence-electron chi connectivity index (χ2n) is 3.13. The molecule has 0 aliphatic heterocycles. The third-order valence-corrected chi connectivity index (χ3v) is 1.75. The van der Waals surface area contributed by atoms with Crippen LogP contribution in [0.4, 0.5) is 0 Å². The van der Waals surface area contributed by atoms with Crippen LogP contribution in [0.15, 0.2) is 54.7 Å². The molecule has 0 unspecified atom stereocenters. The van der Waals surface area contributed by atoms with Gasteiger partial charge >= 0.3 is 0 Å². The summed E-state index contributed by atoms with van der Waals surface area (Å²) in [6.45, 7) is 4.06. The predicted molar refractivity (Wildman–Crippen MR) is 60.2 cm³/mol. The van der Waals surface area contributed by atoms with Crippen LogP contribution in [0.25, 0.3) is 0 Å². The number of benzene rings is 1. The highest BCUT2D eigenvalue weighted by molar-refractivity contribution is 5.11. The van der Waals surface area contributed by atoms with Crippen molar-refractivity contribution in [2.45, 2.75) is 13.8 Å². The molecule has 2 rings (SSSR count). The largest absolute Gasteiger partial charge is 0.262 e. The third-order valence-electron chi connectivity index (χ3n) is 1.75. The van der Waals surface area contributed by atoms with Gasteiger partial charge in [0.2, 0.25) is 0 Å². The van der Waals surface area contributed by atoms with E-state index in [1.165, 1.54) is 5.56 Å². The van der Waals surface area contributed by atoms with E-state index in [0.717, 1.165) is 5.69 Å². The van der Waals surface area contributed by atoms with E-state index in [2.05, 4.69) is 24.0 Å². The topological polar surface area (TPSA) is 12.9 Å². The molecule has 0 saturated heterocycles. The first-order chi connectivity index (χ1) is 6.79. The minimum absolute atomic E-state index is 1.07. The van der Waals surface area contributed by atoms with Gasteiger partial charge in [0.25, 0.3) is 0 Å². The molecule has 72 valence electrons. The highest BCUT2D eigenvalue weighted by Gasteiger charge is 1.73. The molecule has 0 aliphatic carbocycles. The van der Waals surface area contributed by atoms with Gasteiger partial charge in [0.15, 0.2) is 0 Å². The van der Waals surface area contributed by atoms with Crippen LogP contribution < -0.4 is 0 Å². The SMILES string of the molecule is Cc1ccccc1.Cc1ccccn1. The van der Waals surface area contributed by atoms with Gasteiger partial charge in [-0.3, -0.25) is 4.98 Å². The maximum atomic E-state index is 3.98. The van der Waals surface area contributed by atoms with Gasteiger partial charge in [0.05, 0.1) is 0 Å². The molecule has 0 radical (unpaired) electrons. The molecule has 0 amide bonds. The zero-order valence-corrected chi connectivity index (χ0v) is 8.64. The monoisotopic (exact) mass is 185 g/mol. The average molecular weight is 185 g/mol. The van der Waals surface area contributed by atoms with Gasteiger partial charge in [0, 0.05) is 11.9 Å². The number of hydrogen-bond acceptors (Lipinski definition) is 1. The van der Waals surface area contributed by atoms with Crippen molar-refractivity contribution in [1.82, 2.24) is 4.98 Å². The Morgan fingerprint density at radius 2 is 1.43 bits per heavy atom.